The Morgan fingerprint density at radius 2 is 1.76 bits per heavy atom. The molecule has 1 aliphatic rings. The second-order valence-electron chi connectivity index (χ2n) is 9.84. The van der Waals surface area contributed by atoms with E-state index in [1.165, 1.54) is 11.8 Å². The predicted molar refractivity (Wildman–Crippen MR) is 149 cm³/mol. The average Bonchev–Trinajstić information content (AvgIpc) is 3.21. The monoisotopic (exact) mass is 542 g/mol. The smallest absolute Gasteiger partial charge is 0.153 e. The normalized spacial score (nSPS) is 15.8. The molecule has 0 fully saturated rings. The Morgan fingerprint density at radius 3 is 2.46 bits per heavy atom. The maximum absolute atomic E-state index is 11.3. The van der Waals surface area contributed by atoms with Crippen molar-refractivity contribution < 1.29 is 26.7 Å². The highest BCUT2D eigenvalue weighted by Gasteiger charge is 2.24. The van der Waals surface area contributed by atoms with E-state index >= 15 is 0 Å². The Balaban J connectivity index is 1.42. The summed E-state index contributed by atoms with van der Waals surface area (Å²) in [5, 5.41) is 0. The van der Waals surface area contributed by atoms with E-state index in [9.17, 15) is 17.2 Å². The van der Waals surface area contributed by atoms with Gasteiger partial charge in [0.25, 0.3) is 0 Å². The van der Waals surface area contributed by atoms with E-state index in [4.69, 9.17) is 9.47 Å². The fraction of sp³-hybridized carbons (Fsp3) is 0.379. The first-order valence-corrected chi connectivity index (χ1v) is 15.8. The minimum atomic E-state index is -2.98. The Kier molecular flexibility index (Phi) is 8.72. The van der Waals surface area contributed by atoms with E-state index in [-0.39, 0.29) is 17.4 Å². The van der Waals surface area contributed by atoms with Gasteiger partial charge in [0.15, 0.2) is 11.1 Å². The van der Waals surface area contributed by atoms with Crippen molar-refractivity contribution in [2.45, 2.75) is 45.6 Å². The number of hydrogen-bond acceptors (Lipinski definition) is 5. The van der Waals surface area contributed by atoms with Crippen LogP contribution in [0.2, 0.25) is 0 Å². The highest BCUT2D eigenvalue weighted by Crippen LogP contribution is 2.36. The zero-order chi connectivity index (χ0) is 26.6. The van der Waals surface area contributed by atoms with Gasteiger partial charge in [0, 0.05) is 6.26 Å². The Hall–Kier alpha value is -2.68. The van der Waals surface area contributed by atoms with Crippen molar-refractivity contribution in [2.75, 3.05) is 24.4 Å². The first-order valence-electron chi connectivity index (χ1n) is 12.4. The third kappa shape index (κ3) is 7.43. The van der Waals surface area contributed by atoms with Crippen LogP contribution >= 0.6 is 0 Å². The fourth-order valence-corrected chi connectivity index (χ4v) is 6.41. The largest absolute Gasteiger partial charge is 0.494 e. The average molecular weight is 543 g/mol. The van der Waals surface area contributed by atoms with Crippen LogP contribution in [-0.2, 0) is 33.9 Å². The van der Waals surface area contributed by atoms with Gasteiger partial charge in [-0.15, -0.1) is 0 Å². The van der Waals surface area contributed by atoms with Crippen LogP contribution in [0.15, 0.2) is 54.6 Å². The van der Waals surface area contributed by atoms with Crippen LogP contribution in [0.3, 0.4) is 0 Å². The summed E-state index contributed by atoms with van der Waals surface area (Å²) in [6, 6.07) is 18.3. The van der Waals surface area contributed by atoms with E-state index in [1.807, 2.05) is 36.4 Å². The van der Waals surface area contributed by atoms with Crippen molar-refractivity contribution in [1.29, 1.82) is 0 Å². The van der Waals surface area contributed by atoms with Gasteiger partial charge in [-0.05, 0) is 108 Å². The standard InChI is InChI=1S/C29H34O6S2/c1-20-14-27(34-12-5-13-37(3,32)33)15-21(2)29(20)24-7-4-6-22(16-24)18-35-26-10-11-28-23(17-26)8-9-25(28)19-36(30)31/h4,6-7,10-11,14-17,25H,5,8-9,12-13,18-19H2,1-3H3,(H,30,31). The number of aryl methyl sites for hydroxylation is 3. The van der Waals surface area contributed by atoms with Gasteiger partial charge in [0.05, 0.1) is 18.1 Å². The summed E-state index contributed by atoms with van der Waals surface area (Å²) in [5.41, 5.74) is 7.86. The zero-order valence-corrected chi connectivity index (χ0v) is 23.2. The lowest BCUT2D eigenvalue weighted by molar-refractivity contribution is 0.306. The minimum Gasteiger partial charge on any atom is -0.494 e. The zero-order valence-electron chi connectivity index (χ0n) is 21.5. The Bertz CT molecular complexity index is 1370. The molecule has 0 spiro atoms. The molecule has 3 aromatic carbocycles. The third-order valence-corrected chi connectivity index (χ3v) is 8.43. The molecular formula is C29H34O6S2. The van der Waals surface area contributed by atoms with Crippen molar-refractivity contribution in [2.24, 2.45) is 0 Å². The minimum absolute atomic E-state index is 0.121. The summed E-state index contributed by atoms with van der Waals surface area (Å²) in [6.07, 6.45) is 3.51. The van der Waals surface area contributed by atoms with E-state index in [1.54, 1.807) is 0 Å². The van der Waals surface area contributed by atoms with Crippen LogP contribution in [0.25, 0.3) is 11.1 Å². The lowest BCUT2D eigenvalue weighted by Crippen LogP contribution is -2.08. The van der Waals surface area contributed by atoms with Gasteiger partial charge in [0.2, 0.25) is 0 Å². The van der Waals surface area contributed by atoms with Crippen LogP contribution in [0, 0.1) is 13.8 Å². The highest BCUT2D eigenvalue weighted by molar-refractivity contribution is 7.90. The van der Waals surface area contributed by atoms with Gasteiger partial charge < -0.3 is 14.0 Å². The molecule has 37 heavy (non-hydrogen) atoms. The van der Waals surface area contributed by atoms with Crippen LogP contribution in [0.5, 0.6) is 11.5 Å². The van der Waals surface area contributed by atoms with Crippen LogP contribution in [0.4, 0.5) is 0 Å². The summed E-state index contributed by atoms with van der Waals surface area (Å²) >= 11 is -1.78. The van der Waals surface area contributed by atoms with E-state index in [2.05, 4.69) is 32.0 Å². The Morgan fingerprint density at radius 1 is 1.00 bits per heavy atom. The molecule has 1 N–H and O–H groups in total. The molecule has 2 atom stereocenters. The molecule has 0 radical (unpaired) electrons. The number of hydrogen-bond donors (Lipinski definition) is 1. The molecule has 0 saturated heterocycles. The molecule has 8 heteroatoms. The van der Waals surface area contributed by atoms with Crippen LogP contribution < -0.4 is 9.47 Å². The summed E-state index contributed by atoms with van der Waals surface area (Å²) in [5.74, 6) is 2.10. The quantitative estimate of drug-likeness (QED) is 0.250. The summed E-state index contributed by atoms with van der Waals surface area (Å²) < 4.78 is 55.0. The lowest BCUT2D eigenvalue weighted by atomic mass is 9.94. The van der Waals surface area contributed by atoms with Crippen molar-refractivity contribution >= 4 is 20.9 Å². The molecule has 0 amide bonds. The predicted octanol–water partition coefficient (Wildman–Crippen LogP) is 5.61. The third-order valence-electron chi connectivity index (χ3n) is 6.72. The molecule has 0 aliphatic heterocycles. The first kappa shape index (κ1) is 27.4. The number of rotatable bonds is 11. The second-order valence-corrected chi connectivity index (χ2v) is 13.1. The lowest BCUT2D eigenvalue weighted by Gasteiger charge is -2.15. The summed E-state index contributed by atoms with van der Waals surface area (Å²) in [6.45, 7) is 4.91. The molecule has 3 aromatic rings. The molecule has 0 bridgehead atoms. The van der Waals surface area contributed by atoms with Crippen molar-refractivity contribution in [3.8, 4) is 22.6 Å². The van der Waals surface area contributed by atoms with Crippen molar-refractivity contribution in [3.05, 3.63) is 82.4 Å². The molecule has 1 aliphatic carbocycles. The van der Waals surface area contributed by atoms with E-state index < -0.39 is 20.9 Å². The SMILES string of the molecule is Cc1cc(OCCCS(C)(=O)=O)cc(C)c1-c1cccc(COc2ccc3c(c2)CCC3CS(=O)O)c1. The van der Waals surface area contributed by atoms with Gasteiger partial charge in [-0.2, -0.15) is 0 Å². The molecule has 6 nitrogen and oxygen atoms in total. The van der Waals surface area contributed by atoms with Gasteiger partial charge >= 0.3 is 0 Å². The second kappa shape index (κ2) is 11.8. The van der Waals surface area contributed by atoms with Crippen LogP contribution in [0.1, 0.15) is 46.6 Å². The Labute approximate surface area is 222 Å². The molecule has 198 valence electrons. The summed E-state index contributed by atoms with van der Waals surface area (Å²) in [7, 11) is -2.98. The molecule has 4 rings (SSSR count). The van der Waals surface area contributed by atoms with Gasteiger partial charge in [-0.25, -0.2) is 12.6 Å². The summed E-state index contributed by atoms with van der Waals surface area (Å²) in [4.78, 5) is 0. The molecule has 2 unspecified atom stereocenters. The fourth-order valence-electron chi connectivity index (χ4n) is 5.07. The van der Waals surface area contributed by atoms with Crippen LogP contribution in [-0.4, -0.2) is 41.5 Å². The highest BCUT2D eigenvalue weighted by atomic mass is 32.2. The van der Waals surface area contributed by atoms with Crippen molar-refractivity contribution in [3.63, 3.8) is 0 Å². The molecule has 0 saturated carbocycles. The van der Waals surface area contributed by atoms with Gasteiger partial charge in [0.1, 0.15) is 27.9 Å². The number of sulfone groups is 1. The van der Waals surface area contributed by atoms with Gasteiger partial charge in [-0.1, -0.05) is 24.3 Å². The van der Waals surface area contributed by atoms with Crippen molar-refractivity contribution in [1.82, 2.24) is 0 Å². The molecule has 0 heterocycles. The molecular weight excluding hydrogens is 508 g/mol. The van der Waals surface area contributed by atoms with E-state index in [0.717, 1.165) is 57.7 Å². The first-order chi connectivity index (χ1) is 17.6. The number of benzene rings is 3. The van der Waals surface area contributed by atoms with Gasteiger partial charge in [-0.3, -0.25) is 0 Å². The molecule has 0 aromatic heterocycles. The van der Waals surface area contributed by atoms with E-state index in [0.29, 0.717) is 19.6 Å². The topological polar surface area (TPSA) is 89.9 Å². The number of ether oxygens (including phenoxy) is 2. The number of fused-ring (bicyclic) bond motifs is 1. The maximum atomic E-state index is 11.3. The maximum Gasteiger partial charge on any atom is 0.153 e.